The molecule has 6 heteroatoms. The molecule has 1 fully saturated rings. The maximum atomic E-state index is 13.3. The van der Waals surface area contributed by atoms with E-state index in [4.69, 9.17) is 0 Å². The van der Waals surface area contributed by atoms with Crippen LogP contribution in [0.5, 0.6) is 0 Å². The molecule has 1 aliphatic heterocycles. The standard InChI is InChI=1S/C24H31N3O2.ClH/c1-25-15-12-19-13-16-27(17-14-19)24(29)22(18-20-8-4-2-5-9-20)26-23(28)21-10-6-3-7-11-21;/h2-11,19,22,25H,12-18H2,1H3,(H,26,28);1H. The molecule has 2 aromatic carbocycles. The number of piperidine rings is 1. The molecular weight excluding hydrogens is 398 g/mol. The second-order valence-electron chi connectivity index (χ2n) is 7.74. The summed E-state index contributed by atoms with van der Waals surface area (Å²) in [6.07, 6.45) is 3.70. The van der Waals surface area contributed by atoms with Gasteiger partial charge in [0.2, 0.25) is 5.91 Å². The van der Waals surface area contributed by atoms with E-state index < -0.39 is 6.04 Å². The first-order valence-corrected chi connectivity index (χ1v) is 10.5. The second kappa shape index (κ2) is 12.4. The molecule has 1 aliphatic rings. The number of amides is 2. The molecule has 2 aromatic rings. The van der Waals surface area contributed by atoms with Gasteiger partial charge < -0.3 is 15.5 Å². The molecule has 0 bridgehead atoms. The highest BCUT2D eigenvalue weighted by Crippen LogP contribution is 2.21. The summed E-state index contributed by atoms with van der Waals surface area (Å²) in [5.74, 6) is 0.479. The third-order valence-corrected chi connectivity index (χ3v) is 5.65. The highest BCUT2D eigenvalue weighted by molar-refractivity contribution is 5.97. The van der Waals surface area contributed by atoms with E-state index in [1.54, 1.807) is 12.1 Å². The van der Waals surface area contributed by atoms with Crippen LogP contribution in [0.4, 0.5) is 0 Å². The fourth-order valence-corrected chi connectivity index (χ4v) is 3.89. The summed E-state index contributed by atoms with van der Waals surface area (Å²) >= 11 is 0. The second-order valence-corrected chi connectivity index (χ2v) is 7.74. The van der Waals surface area contributed by atoms with Crippen molar-refractivity contribution in [2.45, 2.75) is 31.7 Å². The maximum absolute atomic E-state index is 13.3. The van der Waals surface area contributed by atoms with Gasteiger partial charge in [0.25, 0.3) is 5.91 Å². The molecule has 1 heterocycles. The average molecular weight is 430 g/mol. The lowest BCUT2D eigenvalue weighted by atomic mass is 9.93. The van der Waals surface area contributed by atoms with E-state index in [0.717, 1.165) is 44.5 Å². The Kier molecular flexibility index (Phi) is 9.84. The first kappa shape index (κ1) is 23.9. The van der Waals surface area contributed by atoms with Gasteiger partial charge in [-0.2, -0.15) is 0 Å². The Bertz CT molecular complexity index is 778. The summed E-state index contributed by atoms with van der Waals surface area (Å²) in [7, 11) is 1.97. The van der Waals surface area contributed by atoms with Gasteiger partial charge in [-0.1, -0.05) is 48.5 Å². The Morgan fingerprint density at radius 1 is 1.00 bits per heavy atom. The third-order valence-electron chi connectivity index (χ3n) is 5.65. The quantitative estimate of drug-likeness (QED) is 0.676. The maximum Gasteiger partial charge on any atom is 0.251 e. The first-order valence-electron chi connectivity index (χ1n) is 10.5. The van der Waals surface area contributed by atoms with Crippen molar-refractivity contribution < 1.29 is 9.59 Å². The lowest BCUT2D eigenvalue weighted by molar-refractivity contribution is -0.134. The van der Waals surface area contributed by atoms with Crippen LogP contribution in [0.25, 0.3) is 0 Å². The third kappa shape index (κ3) is 6.85. The van der Waals surface area contributed by atoms with Crippen molar-refractivity contribution in [1.82, 2.24) is 15.5 Å². The molecule has 162 valence electrons. The predicted octanol–water partition coefficient (Wildman–Crippen LogP) is 3.30. The summed E-state index contributed by atoms with van der Waals surface area (Å²) in [4.78, 5) is 27.9. The fourth-order valence-electron chi connectivity index (χ4n) is 3.89. The van der Waals surface area contributed by atoms with Gasteiger partial charge in [-0.05, 0) is 56.5 Å². The summed E-state index contributed by atoms with van der Waals surface area (Å²) < 4.78 is 0. The molecule has 1 atom stereocenters. The molecule has 2 N–H and O–H groups in total. The molecule has 0 aliphatic carbocycles. The van der Waals surface area contributed by atoms with Crippen molar-refractivity contribution in [2.75, 3.05) is 26.7 Å². The van der Waals surface area contributed by atoms with Crippen molar-refractivity contribution in [3.05, 3.63) is 71.8 Å². The van der Waals surface area contributed by atoms with Crippen LogP contribution in [-0.4, -0.2) is 49.4 Å². The number of hydrogen-bond donors (Lipinski definition) is 2. The number of rotatable bonds is 8. The zero-order valence-corrected chi connectivity index (χ0v) is 18.4. The van der Waals surface area contributed by atoms with Crippen molar-refractivity contribution in [1.29, 1.82) is 0 Å². The Morgan fingerprint density at radius 2 is 1.60 bits per heavy atom. The molecular formula is C24H32ClN3O2. The van der Waals surface area contributed by atoms with Crippen LogP contribution in [-0.2, 0) is 11.2 Å². The normalized spacial score (nSPS) is 15.2. The molecule has 1 saturated heterocycles. The molecule has 2 amide bonds. The Hall–Kier alpha value is -2.37. The zero-order chi connectivity index (χ0) is 20.5. The van der Waals surface area contributed by atoms with Gasteiger partial charge in [0.15, 0.2) is 0 Å². The van der Waals surface area contributed by atoms with Crippen LogP contribution in [0.3, 0.4) is 0 Å². The minimum Gasteiger partial charge on any atom is -0.341 e. The lowest BCUT2D eigenvalue weighted by Crippen LogP contribution is -2.51. The van der Waals surface area contributed by atoms with E-state index in [9.17, 15) is 9.59 Å². The van der Waals surface area contributed by atoms with Gasteiger partial charge in [0.1, 0.15) is 6.04 Å². The van der Waals surface area contributed by atoms with Gasteiger partial charge in [-0.3, -0.25) is 9.59 Å². The number of carbonyl (C=O) groups is 2. The van der Waals surface area contributed by atoms with Gasteiger partial charge in [-0.15, -0.1) is 12.4 Å². The molecule has 1 unspecified atom stereocenters. The van der Waals surface area contributed by atoms with Crippen LogP contribution in [0.15, 0.2) is 60.7 Å². The number of carbonyl (C=O) groups excluding carboxylic acids is 2. The molecule has 0 saturated carbocycles. The minimum absolute atomic E-state index is 0. The van der Waals surface area contributed by atoms with Crippen LogP contribution >= 0.6 is 12.4 Å². The number of halogens is 1. The van der Waals surface area contributed by atoms with Gasteiger partial charge in [0, 0.05) is 25.1 Å². The Labute approximate surface area is 185 Å². The van der Waals surface area contributed by atoms with Crippen molar-refractivity contribution in [3.63, 3.8) is 0 Å². The van der Waals surface area contributed by atoms with Crippen LogP contribution in [0.2, 0.25) is 0 Å². The number of likely N-dealkylation sites (tertiary alicyclic amines) is 1. The van der Waals surface area contributed by atoms with Gasteiger partial charge in [0.05, 0.1) is 0 Å². The largest absolute Gasteiger partial charge is 0.341 e. The topological polar surface area (TPSA) is 61.4 Å². The smallest absolute Gasteiger partial charge is 0.251 e. The molecule has 0 radical (unpaired) electrons. The fraction of sp³-hybridized carbons (Fsp3) is 0.417. The summed E-state index contributed by atoms with van der Waals surface area (Å²) in [5.41, 5.74) is 1.62. The first-order chi connectivity index (χ1) is 14.2. The molecule has 0 spiro atoms. The molecule has 3 rings (SSSR count). The van der Waals surface area contributed by atoms with E-state index in [2.05, 4.69) is 10.6 Å². The lowest BCUT2D eigenvalue weighted by Gasteiger charge is -2.34. The molecule has 5 nitrogen and oxygen atoms in total. The van der Waals surface area contributed by atoms with E-state index in [1.807, 2.05) is 60.5 Å². The zero-order valence-electron chi connectivity index (χ0n) is 17.5. The summed E-state index contributed by atoms with van der Waals surface area (Å²) in [6.45, 7) is 2.54. The highest BCUT2D eigenvalue weighted by Gasteiger charge is 2.29. The SMILES string of the molecule is CNCCC1CCN(C(=O)C(Cc2ccccc2)NC(=O)c2ccccc2)CC1.Cl. The Balaban J connectivity index is 0.00000320. The van der Waals surface area contributed by atoms with E-state index in [1.165, 1.54) is 0 Å². The number of hydrogen-bond acceptors (Lipinski definition) is 3. The molecule has 0 aromatic heterocycles. The molecule has 30 heavy (non-hydrogen) atoms. The van der Waals surface area contributed by atoms with E-state index >= 15 is 0 Å². The van der Waals surface area contributed by atoms with Crippen LogP contribution < -0.4 is 10.6 Å². The summed E-state index contributed by atoms with van der Waals surface area (Å²) in [6, 6.07) is 18.4. The predicted molar refractivity (Wildman–Crippen MR) is 123 cm³/mol. The van der Waals surface area contributed by atoms with E-state index in [0.29, 0.717) is 17.9 Å². The van der Waals surface area contributed by atoms with Crippen LogP contribution in [0, 0.1) is 5.92 Å². The van der Waals surface area contributed by atoms with Crippen molar-refractivity contribution in [2.24, 2.45) is 5.92 Å². The number of nitrogens with zero attached hydrogens (tertiary/aromatic N) is 1. The van der Waals surface area contributed by atoms with Crippen molar-refractivity contribution in [3.8, 4) is 0 Å². The van der Waals surface area contributed by atoms with Gasteiger partial charge >= 0.3 is 0 Å². The van der Waals surface area contributed by atoms with Crippen LogP contribution in [0.1, 0.15) is 35.2 Å². The Morgan fingerprint density at radius 3 is 2.20 bits per heavy atom. The highest BCUT2D eigenvalue weighted by atomic mass is 35.5. The van der Waals surface area contributed by atoms with Gasteiger partial charge in [-0.25, -0.2) is 0 Å². The monoisotopic (exact) mass is 429 g/mol. The van der Waals surface area contributed by atoms with Crippen molar-refractivity contribution >= 4 is 24.2 Å². The summed E-state index contributed by atoms with van der Waals surface area (Å²) in [5, 5.41) is 6.19. The average Bonchev–Trinajstić information content (AvgIpc) is 2.78. The number of nitrogens with one attached hydrogen (secondary N) is 2. The minimum atomic E-state index is -0.557. The van der Waals surface area contributed by atoms with E-state index in [-0.39, 0.29) is 24.2 Å². The number of benzene rings is 2.